The number of hydrogen-bond donors (Lipinski definition) is 3. The lowest BCUT2D eigenvalue weighted by atomic mass is 9.79. The van der Waals surface area contributed by atoms with Crippen molar-refractivity contribution >= 4 is 22.6 Å². The van der Waals surface area contributed by atoms with E-state index < -0.39 is 22.4 Å². The van der Waals surface area contributed by atoms with Crippen LogP contribution in [-0.2, 0) is 22.2 Å². The Morgan fingerprint density at radius 3 is 2.71 bits per heavy atom. The number of hydrogen-bond acceptors (Lipinski definition) is 4. The van der Waals surface area contributed by atoms with Gasteiger partial charge in [-0.05, 0) is 68.1 Å². The highest BCUT2D eigenvalue weighted by Gasteiger charge is 2.44. The maximum atomic E-state index is 13.0. The van der Waals surface area contributed by atoms with Gasteiger partial charge in [0.15, 0.2) is 11.0 Å². The molecule has 31 heavy (non-hydrogen) atoms. The van der Waals surface area contributed by atoms with Gasteiger partial charge in [0.25, 0.3) is 0 Å². The summed E-state index contributed by atoms with van der Waals surface area (Å²) in [6.07, 6.45) is 3.31. The molecule has 1 saturated heterocycles. The van der Waals surface area contributed by atoms with Gasteiger partial charge in [-0.2, -0.15) is 0 Å². The molecular weight excluding hydrogens is 410 g/mol. The monoisotopic (exact) mass is 439 g/mol. The highest BCUT2D eigenvalue weighted by Crippen LogP contribution is 2.44. The molecule has 0 spiro atoms. The molecular formula is C24H29N3O3S. The van der Waals surface area contributed by atoms with Crippen LogP contribution in [-0.4, -0.2) is 47.5 Å². The van der Waals surface area contributed by atoms with E-state index in [4.69, 9.17) is 0 Å². The van der Waals surface area contributed by atoms with Gasteiger partial charge in [0.05, 0.1) is 16.0 Å². The summed E-state index contributed by atoms with van der Waals surface area (Å²) in [6, 6.07) is 16.5. The Balaban J connectivity index is 1.23. The quantitative estimate of drug-likeness (QED) is 0.618. The molecule has 2 aliphatic heterocycles. The average molecular weight is 440 g/mol. The van der Waals surface area contributed by atoms with E-state index in [0.717, 1.165) is 43.1 Å². The lowest BCUT2D eigenvalue weighted by Gasteiger charge is -2.33. The van der Waals surface area contributed by atoms with Gasteiger partial charge in [-0.3, -0.25) is 9.10 Å². The summed E-state index contributed by atoms with van der Waals surface area (Å²) in [5.41, 5.74) is 2.99. The number of aliphatic carboxylic acids is 1. The molecule has 5 rings (SSSR count). The normalized spacial score (nSPS) is 25.1. The Hall–Kier alpha value is -2.22. The van der Waals surface area contributed by atoms with E-state index in [-0.39, 0.29) is 0 Å². The number of carboxylic acids is 1. The van der Waals surface area contributed by atoms with Gasteiger partial charge in [-0.25, -0.2) is 4.21 Å². The van der Waals surface area contributed by atoms with Crippen molar-refractivity contribution in [3.05, 3.63) is 59.7 Å². The summed E-state index contributed by atoms with van der Waals surface area (Å²) in [6.45, 7) is 2.85. The van der Waals surface area contributed by atoms with Crippen molar-refractivity contribution in [3.8, 4) is 0 Å². The number of piperidine rings is 1. The van der Waals surface area contributed by atoms with Crippen LogP contribution in [0, 0.1) is 5.41 Å². The van der Waals surface area contributed by atoms with E-state index in [1.165, 1.54) is 11.1 Å². The minimum atomic E-state index is -1.18. The van der Waals surface area contributed by atoms with Gasteiger partial charge in [0, 0.05) is 25.0 Å². The largest absolute Gasteiger partial charge is 0.481 e. The van der Waals surface area contributed by atoms with Crippen LogP contribution in [0.2, 0.25) is 0 Å². The number of rotatable bonds is 7. The van der Waals surface area contributed by atoms with E-state index >= 15 is 0 Å². The van der Waals surface area contributed by atoms with Gasteiger partial charge >= 0.3 is 5.97 Å². The Kier molecular flexibility index (Phi) is 5.58. The van der Waals surface area contributed by atoms with Gasteiger partial charge < -0.3 is 15.7 Å². The Labute approximate surface area is 185 Å². The number of nitrogens with one attached hydrogen (secondary N) is 2. The molecule has 3 aliphatic rings. The highest BCUT2D eigenvalue weighted by atomic mass is 32.2. The summed E-state index contributed by atoms with van der Waals surface area (Å²) < 4.78 is 15.0. The summed E-state index contributed by atoms with van der Waals surface area (Å²) in [4.78, 5) is 12.7. The summed E-state index contributed by atoms with van der Waals surface area (Å²) in [7, 11) is -1.18. The Morgan fingerprint density at radius 1 is 1.19 bits per heavy atom. The van der Waals surface area contributed by atoms with E-state index in [1.54, 1.807) is 0 Å². The lowest BCUT2D eigenvalue weighted by molar-refractivity contribution is -0.150. The Morgan fingerprint density at radius 2 is 1.97 bits per heavy atom. The second-order valence-corrected chi connectivity index (χ2v) is 10.4. The van der Waals surface area contributed by atoms with Gasteiger partial charge in [-0.15, -0.1) is 0 Å². The zero-order chi connectivity index (χ0) is 21.4. The topological polar surface area (TPSA) is 81.7 Å². The number of carbonyl (C=O) groups is 1. The van der Waals surface area contributed by atoms with Crippen LogP contribution in [0.25, 0.3) is 0 Å². The first-order chi connectivity index (χ1) is 15.1. The zero-order valence-electron chi connectivity index (χ0n) is 17.5. The van der Waals surface area contributed by atoms with E-state index in [9.17, 15) is 14.1 Å². The molecule has 7 heteroatoms. The fraction of sp³-hybridized carbons (Fsp3) is 0.458. The first kappa shape index (κ1) is 20.7. The first-order valence-electron chi connectivity index (χ1n) is 11.1. The number of nitrogens with zero attached hydrogens (tertiary/aromatic N) is 1. The van der Waals surface area contributed by atoms with Crippen molar-refractivity contribution in [1.29, 1.82) is 0 Å². The number of benzene rings is 2. The smallest absolute Gasteiger partial charge is 0.311 e. The number of fused-ring (bicyclic) bond motifs is 1. The minimum Gasteiger partial charge on any atom is -0.481 e. The molecule has 0 amide bonds. The Bertz CT molecular complexity index is 991. The number of anilines is 1. The predicted molar refractivity (Wildman–Crippen MR) is 122 cm³/mol. The fourth-order valence-corrected chi connectivity index (χ4v) is 6.20. The molecule has 2 fully saturated rings. The van der Waals surface area contributed by atoms with E-state index in [2.05, 4.69) is 28.8 Å². The summed E-state index contributed by atoms with van der Waals surface area (Å²) >= 11 is 0. The summed E-state index contributed by atoms with van der Waals surface area (Å²) in [5.74, 6) is -0.241. The van der Waals surface area contributed by atoms with Crippen LogP contribution in [0.5, 0.6) is 0 Å². The second kappa shape index (κ2) is 8.37. The molecule has 2 heterocycles. The first-order valence-corrected chi connectivity index (χ1v) is 12.2. The zero-order valence-corrected chi connectivity index (χ0v) is 18.4. The van der Waals surface area contributed by atoms with Crippen molar-refractivity contribution in [1.82, 2.24) is 10.6 Å². The highest BCUT2D eigenvalue weighted by molar-refractivity contribution is 7.86. The van der Waals surface area contributed by atoms with Crippen molar-refractivity contribution in [3.63, 3.8) is 0 Å². The lowest BCUT2D eigenvalue weighted by Crippen LogP contribution is -2.48. The molecule has 2 aromatic carbocycles. The maximum Gasteiger partial charge on any atom is 0.311 e. The predicted octanol–water partition coefficient (Wildman–Crippen LogP) is 2.67. The van der Waals surface area contributed by atoms with E-state index in [1.807, 2.05) is 34.6 Å². The molecule has 164 valence electrons. The third kappa shape index (κ3) is 4.02. The molecule has 0 radical (unpaired) electrons. The second-order valence-electron chi connectivity index (χ2n) is 8.97. The molecule has 1 saturated carbocycles. The van der Waals surface area contributed by atoms with Gasteiger partial charge in [0.1, 0.15) is 0 Å². The van der Waals surface area contributed by atoms with E-state index in [0.29, 0.717) is 31.3 Å². The minimum absolute atomic E-state index is 0.347. The molecule has 0 aromatic heterocycles. The third-order valence-electron chi connectivity index (χ3n) is 7.04. The van der Waals surface area contributed by atoms with Crippen molar-refractivity contribution in [2.75, 3.05) is 30.5 Å². The molecule has 1 aliphatic carbocycles. The maximum absolute atomic E-state index is 13.0. The van der Waals surface area contributed by atoms with Gasteiger partial charge in [-0.1, -0.05) is 30.3 Å². The van der Waals surface area contributed by atoms with Crippen LogP contribution < -0.4 is 14.9 Å². The van der Waals surface area contributed by atoms with Crippen LogP contribution in [0.15, 0.2) is 53.4 Å². The van der Waals surface area contributed by atoms with Crippen LogP contribution in [0.3, 0.4) is 0 Å². The molecule has 0 bridgehead atoms. The SMILES string of the molecule is O=C(O)C1(CNC2CC2c2ccc3c(c2)CCN3S(=O)c2ccccc2)CCNCC1. The van der Waals surface area contributed by atoms with Gasteiger partial charge in [0.2, 0.25) is 0 Å². The molecule has 6 nitrogen and oxygen atoms in total. The molecule has 2 aromatic rings. The van der Waals surface area contributed by atoms with Crippen molar-refractivity contribution in [2.24, 2.45) is 5.41 Å². The average Bonchev–Trinajstić information content (AvgIpc) is 3.47. The standard InChI is InChI=1S/C24H29N3O3S/c28-23(29)24(9-11-25-12-10-24)16-26-21-15-20(21)17-6-7-22-18(14-17)8-13-27(22)31(30)19-4-2-1-3-5-19/h1-7,14,20-21,25-26H,8-13,15-16H2,(H,28,29). The van der Waals surface area contributed by atoms with Crippen LogP contribution in [0.4, 0.5) is 5.69 Å². The third-order valence-corrected chi connectivity index (χ3v) is 8.49. The molecule has 3 atom stereocenters. The number of carboxylic acid groups (broad SMARTS) is 1. The van der Waals surface area contributed by atoms with Crippen molar-refractivity contribution in [2.45, 2.75) is 42.5 Å². The fourth-order valence-electron chi connectivity index (χ4n) is 4.95. The van der Waals surface area contributed by atoms with Crippen molar-refractivity contribution < 1.29 is 14.1 Å². The molecule has 3 N–H and O–H groups in total. The van der Waals surface area contributed by atoms with Crippen LogP contribution >= 0.6 is 0 Å². The van der Waals surface area contributed by atoms with Crippen LogP contribution in [0.1, 0.15) is 36.3 Å². The summed E-state index contributed by atoms with van der Waals surface area (Å²) in [5, 5.41) is 16.6. The molecule has 3 unspecified atom stereocenters.